The lowest BCUT2D eigenvalue weighted by Crippen LogP contribution is -2.46. The number of esters is 1. The molecule has 2 saturated heterocycles. The van der Waals surface area contributed by atoms with Crippen molar-refractivity contribution in [1.82, 2.24) is 30.0 Å². The molecule has 1 aliphatic carbocycles. The summed E-state index contributed by atoms with van der Waals surface area (Å²) in [6, 6.07) is 28.1. The van der Waals surface area contributed by atoms with Crippen molar-refractivity contribution in [3.63, 3.8) is 0 Å². The number of pyridine rings is 1. The molecule has 7 aromatic rings. The van der Waals surface area contributed by atoms with Crippen molar-refractivity contribution in [1.29, 1.82) is 0 Å². The molecule has 1 atom stereocenters. The second kappa shape index (κ2) is 22.3. The minimum absolute atomic E-state index is 0.127. The summed E-state index contributed by atoms with van der Waals surface area (Å²) < 4.78 is 15.7. The molecule has 6 heterocycles. The van der Waals surface area contributed by atoms with Gasteiger partial charge in [-0.3, -0.25) is 34.6 Å². The number of para-hydroxylation sites is 1. The number of unbranched alkanes of at least 4 members (excludes halogenated alkanes) is 1. The molecule has 0 radical (unpaired) electrons. The number of aryl methyl sites for hydroxylation is 2. The Balaban J connectivity index is 0.679. The number of hydrogen-bond donors (Lipinski definition) is 2. The smallest absolute Gasteiger partial charge is 0.358 e. The maximum atomic E-state index is 14.1. The van der Waals surface area contributed by atoms with Gasteiger partial charge in [-0.05, 0) is 168 Å². The normalized spacial score (nSPS) is 19.2. The molecule has 78 heavy (non-hydrogen) atoms. The van der Waals surface area contributed by atoms with Gasteiger partial charge in [0, 0.05) is 74.9 Å². The maximum Gasteiger partial charge on any atom is 0.358 e. The third kappa shape index (κ3) is 11.2. The van der Waals surface area contributed by atoms with E-state index in [1.807, 2.05) is 99.2 Å². The van der Waals surface area contributed by atoms with Crippen molar-refractivity contribution in [3.05, 3.63) is 124 Å². The van der Waals surface area contributed by atoms with E-state index in [1.54, 1.807) is 0 Å². The van der Waals surface area contributed by atoms with Crippen molar-refractivity contribution < 1.29 is 28.7 Å². The first kappa shape index (κ1) is 52.9. The van der Waals surface area contributed by atoms with Crippen LogP contribution in [0.5, 0.6) is 5.75 Å². The van der Waals surface area contributed by atoms with E-state index in [9.17, 15) is 19.2 Å². The number of amides is 3. The Labute approximate surface area is 460 Å². The molecule has 15 nitrogen and oxygen atoms in total. The first-order valence-corrected chi connectivity index (χ1v) is 28.8. The van der Waals surface area contributed by atoms with E-state index < -0.39 is 17.5 Å². The SMILES string of the molecule is Cc1c(O[C@H]2CC[C@H](CCCCN3CCN(c4ccc5c(C6CCC(=O)NC6=O)nn(C)c5c4C)CC3)CC2)cccc1-c1ccc(N2CCc3cccc(C(=O)Nc4nc5ccccc5s4)c3C2)nc1C(=O)OC(C)(C)C. The highest BCUT2D eigenvalue weighted by Gasteiger charge is 2.34. The Morgan fingerprint density at radius 2 is 1.59 bits per heavy atom. The van der Waals surface area contributed by atoms with Gasteiger partial charge in [0.25, 0.3) is 5.91 Å². The molecule has 3 aromatic heterocycles. The summed E-state index contributed by atoms with van der Waals surface area (Å²) in [5, 5.41) is 11.9. The summed E-state index contributed by atoms with van der Waals surface area (Å²) in [6.07, 6.45) is 9.68. The Morgan fingerprint density at radius 1 is 0.795 bits per heavy atom. The molecular formula is C62H71N9O6S. The summed E-state index contributed by atoms with van der Waals surface area (Å²) in [5.74, 6) is 0.605. The number of rotatable bonds is 14. The van der Waals surface area contributed by atoms with Crippen LogP contribution in [-0.4, -0.2) is 99.3 Å². The molecule has 11 rings (SSSR count). The van der Waals surface area contributed by atoms with E-state index in [-0.39, 0.29) is 29.5 Å². The van der Waals surface area contributed by atoms with Crippen LogP contribution in [-0.2, 0) is 34.3 Å². The van der Waals surface area contributed by atoms with Crippen LogP contribution >= 0.6 is 11.3 Å². The number of nitrogens with one attached hydrogen (secondary N) is 2. The lowest BCUT2D eigenvalue weighted by molar-refractivity contribution is -0.134. The van der Waals surface area contributed by atoms with E-state index >= 15 is 0 Å². The highest BCUT2D eigenvalue weighted by atomic mass is 32.1. The molecule has 1 unspecified atom stereocenters. The summed E-state index contributed by atoms with van der Waals surface area (Å²) >= 11 is 1.45. The average molecular weight is 1070 g/mol. The van der Waals surface area contributed by atoms with Gasteiger partial charge in [-0.25, -0.2) is 14.8 Å². The fourth-order valence-electron chi connectivity index (χ4n) is 12.3. The van der Waals surface area contributed by atoms with Crippen LogP contribution in [0.2, 0.25) is 0 Å². The van der Waals surface area contributed by atoms with Crippen LogP contribution < -0.4 is 25.2 Å². The second-order valence-corrected chi connectivity index (χ2v) is 23.8. The van der Waals surface area contributed by atoms with Gasteiger partial charge < -0.3 is 19.3 Å². The quantitative estimate of drug-likeness (QED) is 0.0603. The van der Waals surface area contributed by atoms with E-state index in [0.717, 1.165) is 120 Å². The first-order chi connectivity index (χ1) is 37.6. The monoisotopic (exact) mass is 1070 g/mol. The fourth-order valence-corrected chi connectivity index (χ4v) is 13.1. The molecular weight excluding hydrogens is 999 g/mol. The molecule has 406 valence electrons. The van der Waals surface area contributed by atoms with Gasteiger partial charge in [-0.2, -0.15) is 5.10 Å². The van der Waals surface area contributed by atoms with Crippen molar-refractivity contribution in [2.45, 2.75) is 123 Å². The van der Waals surface area contributed by atoms with Gasteiger partial charge in [-0.1, -0.05) is 60.6 Å². The number of fused-ring (bicyclic) bond motifs is 3. The number of piperidine rings is 1. The lowest BCUT2D eigenvalue weighted by Gasteiger charge is -2.37. The number of imide groups is 1. The van der Waals surface area contributed by atoms with Crippen LogP contribution in [0.15, 0.2) is 84.9 Å². The Kier molecular flexibility index (Phi) is 15.1. The van der Waals surface area contributed by atoms with Gasteiger partial charge in [0.1, 0.15) is 17.2 Å². The molecule has 3 amide bonds. The van der Waals surface area contributed by atoms with Gasteiger partial charge in [0.2, 0.25) is 11.8 Å². The predicted molar refractivity (Wildman–Crippen MR) is 308 cm³/mol. The third-order valence-corrected chi connectivity index (χ3v) is 17.3. The predicted octanol–water partition coefficient (Wildman–Crippen LogP) is 11.1. The van der Waals surface area contributed by atoms with Gasteiger partial charge in [0.15, 0.2) is 10.8 Å². The zero-order valence-electron chi connectivity index (χ0n) is 45.8. The zero-order chi connectivity index (χ0) is 54.2. The Hall–Kier alpha value is -7.17. The van der Waals surface area contributed by atoms with E-state index in [2.05, 4.69) is 62.4 Å². The van der Waals surface area contributed by atoms with Gasteiger partial charge in [-0.15, -0.1) is 0 Å². The van der Waals surface area contributed by atoms with Crippen molar-refractivity contribution in [2.75, 3.05) is 54.4 Å². The van der Waals surface area contributed by atoms with E-state index in [1.165, 1.54) is 41.9 Å². The highest BCUT2D eigenvalue weighted by molar-refractivity contribution is 7.22. The molecule has 3 fully saturated rings. The standard InChI is InChI=1S/C62H71N9O6S/c1-38-43(44-25-28-53(64-56(44)60(75)77-62(3,4)5)71-32-30-41-14-11-16-45(48(41)37-71)58(73)66-61-63-49-17-7-8-19-52(49)78-61)15-12-18-51(38)76-42-22-20-40(21-23-42)13-9-10-31-69-33-35-70(36-34-69)50-27-24-46-55(67-68(6)57(46)39(50)2)47-26-29-54(72)65-59(47)74/h7-8,11-12,14-19,24-25,27-28,40,42,47H,9-10,13,20-23,26,29-37H2,1-6H3,(H,63,66,73)(H,65,72,74)/t40-,42-,47?. The molecule has 3 aliphatic heterocycles. The number of thiazole rings is 1. The van der Waals surface area contributed by atoms with Crippen molar-refractivity contribution in [2.24, 2.45) is 13.0 Å². The number of nitrogens with zero attached hydrogens (tertiary/aromatic N) is 7. The van der Waals surface area contributed by atoms with E-state index in [4.69, 9.17) is 19.6 Å². The number of benzene rings is 4. The summed E-state index contributed by atoms with van der Waals surface area (Å²) in [7, 11) is 1.95. The minimum Gasteiger partial charge on any atom is -0.490 e. The second-order valence-electron chi connectivity index (χ2n) is 22.8. The molecule has 2 N–H and O–H groups in total. The number of hydrogen-bond acceptors (Lipinski definition) is 13. The van der Waals surface area contributed by atoms with Crippen LogP contribution in [0.1, 0.15) is 133 Å². The number of anilines is 3. The van der Waals surface area contributed by atoms with Crippen LogP contribution in [0.25, 0.3) is 32.2 Å². The lowest BCUT2D eigenvalue weighted by atomic mass is 9.84. The van der Waals surface area contributed by atoms with Crippen LogP contribution in [0.3, 0.4) is 0 Å². The van der Waals surface area contributed by atoms with Crippen LogP contribution in [0.4, 0.5) is 16.6 Å². The fraction of sp³-hybridized carbons (Fsp3) is 0.435. The molecule has 1 saturated carbocycles. The highest BCUT2D eigenvalue weighted by Crippen LogP contribution is 2.39. The molecule has 16 heteroatoms. The number of carbonyl (C=O) groups excluding carboxylic acids is 4. The minimum atomic E-state index is -0.730. The molecule has 4 aliphatic rings. The van der Waals surface area contributed by atoms with Crippen LogP contribution in [0, 0.1) is 19.8 Å². The summed E-state index contributed by atoms with van der Waals surface area (Å²) in [4.78, 5) is 69.4. The summed E-state index contributed by atoms with van der Waals surface area (Å²) in [6.45, 7) is 16.1. The van der Waals surface area contributed by atoms with Gasteiger partial charge >= 0.3 is 5.97 Å². The zero-order valence-corrected chi connectivity index (χ0v) is 46.6. The number of aromatic nitrogens is 4. The number of carbonyl (C=O) groups is 4. The third-order valence-electron chi connectivity index (χ3n) is 16.4. The number of piperazine rings is 1. The summed E-state index contributed by atoms with van der Waals surface area (Å²) in [5.41, 5.74) is 9.75. The molecule has 4 aromatic carbocycles. The Bertz CT molecular complexity index is 3380. The average Bonchev–Trinajstić information content (AvgIpc) is 4.12. The van der Waals surface area contributed by atoms with E-state index in [0.29, 0.717) is 53.9 Å². The molecule has 0 spiro atoms. The first-order valence-electron chi connectivity index (χ1n) is 27.9. The maximum absolute atomic E-state index is 14.1. The van der Waals surface area contributed by atoms with Crippen molar-refractivity contribution in [3.8, 4) is 16.9 Å². The largest absolute Gasteiger partial charge is 0.490 e. The van der Waals surface area contributed by atoms with Crippen molar-refractivity contribution >= 4 is 72.8 Å². The number of ether oxygens (including phenoxy) is 2. The molecule has 0 bridgehead atoms. The Morgan fingerprint density at radius 3 is 2.37 bits per heavy atom. The topological polar surface area (TPSA) is 164 Å². The van der Waals surface area contributed by atoms with Gasteiger partial charge in [0.05, 0.1) is 33.4 Å².